The van der Waals surface area contributed by atoms with Gasteiger partial charge in [-0.3, -0.25) is 18.6 Å². The van der Waals surface area contributed by atoms with Gasteiger partial charge in [0.1, 0.15) is 19.8 Å². The number of esters is 2. The minimum absolute atomic E-state index is 0.0299. The monoisotopic (exact) mass is 869 g/mol. The van der Waals surface area contributed by atoms with Gasteiger partial charge in [-0.15, -0.1) is 0 Å². The van der Waals surface area contributed by atoms with E-state index in [-0.39, 0.29) is 32.0 Å². The maximum atomic E-state index is 12.7. The second kappa shape index (κ2) is 42.5. The summed E-state index contributed by atoms with van der Waals surface area (Å²) in [5, 5.41) is 0. The van der Waals surface area contributed by atoms with Crippen molar-refractivity contribution in [1.82, 2.24) is 0 Å². The second-order valence-corrected chi connectivity index (χ2v) is 19.3. The van der Waals surface area contributed by atoms with E-state index in [1.165, 1.54) is 135 Å². The number of phosphoric ester groups is 1. The molecule has 0 aliphatic rings. The summed E-state index contributed by atoms with van der Waals surface area (Å²) in [6.07, 6.45) is 49.0. The molecule has 10 heteroatoms. The molecule has 0 spiro atoms. The van der Waals surface area contributed by atoms with Crippen LogP contribution in [0.2, 0.25) is 0 Å². The molecule has 0 rings (SSSR count). The molecular formula is C50H95NO8P+. The van der Waals surface area contributed by atoms with Gasteiger partial charge in [0.2, 0.25) is 0 Å². The second-order valence-electron chi connectivity index (χ2n) is 17.8. The number of hydrogen-bond donors (Lipinski definition) is 1. The lowest BCUT2D eigenvalue weighted by atomic mass is 10.1. The van der Waals surface area contributed by atoms with Gasteiger partial charge in [-0.05, 0) is 70.6 Å². The van der Waals surface area contributed by atoms with Crippen molar-refractivity contribution in [2.45, 2.75) is 225 Å². The molecule has 0 aromatic rings. The molecule has 0 aliphatic heterocycles. The zero-order valence-corrected chi connectivity index (χ0v) is 40.6. The molecule has 0 saturated carbocycles. The molecule has 0 aliphatic carbocycles. The van der Waals surface area contributed by atoms with Crippen molar-refractivity contribution in [3.63, 3.8) is 0 Å². The minimum atomic E-state index is -4.38. The molecule has 9 nitrogen and oxygen atoms in total. The summed E-state index contributed by atoms with van der Waals surface area (Å²) in [6, 6.07) is 0. The van der Waals surface area contributed by atoms with E-state index in [1.807, 2.05) is 21.1 Å². The van der Waals surface area contributed by atoms with Gasteiger partial charge in [0.05, 0.1) is 27.7 Å². The van der Waals surface area contributed by atoms with Crippen LogP contribution in [0.25, 0.3) is 0 Å². The number of allylic oxidation sites excluding steroid dienone is 6. The van der Waals surface area contributed by atoms with Gasteiger partial charge in [-0.1, -0.05) is 172 Å². The Morgan fingerprint density at radius 1 is 0.517 bits per heavy atom. The Hall–Kier alpha value is -1.77. The van der Waals surface area contributed by atoms with Gasteiger partial charge >= 0.3 is 19.8 Å². The summed E-state index contributed by atoms with van der Waals surface area (Å²) in [7, 11) is 1.47. The molecule has 2 atom stereocenters. The highest BCUT2D eigenvalue weighted by atomic mass is 31.2. The molecule has 60 heavy (non-hydrogen) atoms. The van der Waals surface area contributed by atoms with Gasteiger partial charge in [0.25, 0.3) is 0 Å². The number of phosphoric acid groups is 1. The quantitative estimate of drug-likeness (QED) is 0.0212. The summed E-state index contributed by atoms with van der Waals surface area (Å²) < 4.78 is 34.4. The van der Waals surface area contributed by atoms with Gasteiger partial charge in [0.15, 0.2) is 6.10 Å². The molecule has 352 valence electrons. The Labute approximate surface area is 370 Å². The largest absolute Gasteiger partial charge is 0.472 e. The Morgan fingerprint density at radius 2 is 0.900 bits per heavy atom. The minimum Gasteiger partial charge on any atom is -0.462 e. The normalized spacial score (nSPS) is 13.8. The zero-order chi connectivity index (χ0) is 44.3. The van der Waals surface area contributed by atoms with E-state index in [4.69, 9.17) is 18.5 Å². The molecule has 0 aromatic heterocycles. The van der Waals surface area contributed by atoms with Crippen LogP contribution in [-0.4, -0.2) is 74.9 Å². The Morgan fingerprint density at radius 3 is 1.37 bits per heavy atom. The smallest absolute Gasteiger partial charge is 0.462 e. The summed E-state index contributed by atoms with van der Waals surface area (Å²) >= 11 is 0. The van der Waals surface area contributed by atoms with Gasteiger partial charge in [-0.25, -0.2) is 4.57 Å². The summed E-state index contributed by atoms with van der Waals surface area (Å²) in [5.74, 6) is -0.804. The fourth-order valence-electron chi connectivity index (χ4n) is 6.75. The van der Waals surface area contributed by atoms with E-state index in [0.29, 0.717) is 17.4 Å². The first-order valence-corrected chi connectivity index (χ1v) is 26.2. The number of quaternary nitrogens is 1. The number of unbranched alkanes of at least 4 members (excludes halogenated alkanes) is 25. The van der Waals surface area contributed by atoms with Crippen LogP contribution in [-0.2, 0) is 32.7 Å². The topological polar surface area (TPSA) is 108 Å². The third-order valence-corrected chi connectivity index (χ3v) is 11.6. The average molecular weight is 869 g/mol. The first-order valence-electron chi connectivity index (χ1n) is 24.7. The number of ether oxygens (including phenoxy) is 2. The Kier molecular flexibility index (Phi) is 41.3. The maximum absolute atomic E-state index is 12.7. The van der Waals surface area contributed by atoms with E-state index in [1.54, 1.807) is 0 Å². The molecular weight excluding hydrogens is 774 g/mol. The van der Waals surface area contributed by atoms with Crippen LogP contribution in [0.5, 0.6) is 0 Å². The van der Waals surface area contributed by atoms with E-state index in [9.17, 15) is 19.0 Å². The van der Waals surface area contributed by atoms with Crippen molar-refractivity contribution in [3.8, 4) is 0 Å². The van der Waals surface area contributed by atoms with Gasteiger partial charge < -0.3 is 18.9 Å². The van der Waals surface area contributed by atoms with Crippen molar-refractivity contribution in [3.05, 3.63) is 36.5 Å². The molecule has 2 unspecified atom stereocenters. The highest BCUT2D eigenvalue weighted by Gasteiger charge is 2.27. The molecule has 0 bridgehead atoms. The number of nitrogens with zero attached hydrogens (tertiary/aromatic N) is 1. The molecule has 0 radical (unpaired) electrons. The van der Waals surface area contributed by atoms with Crippen LogP contribution in [0.4, 0.5) is 0 Å². The van der Waals surface area contributed by atoms with Crippen LogP contribution >= 0.6 is 7.82 Å². The van der Waals surface area contributed by atoms with E-state index >= 15 is 0 Å². The van der Waals surface area contributed by atoms with E-state index in [0.717, 1.165) is 51.4 Å². The van der Waals surface area contributed by atoms with Crippen molar-refractivity contribution in [2.75, 3.05) is 47.5 Å². The van der Waals surface area contributed by atoms with Crippen LogP contribution in [0, 0.1) is 0 Å². The third kappa shape index (κ3) is 45.7. The lowest BCUT2D eigenvalue weighted by Gasteiger charge is -2.24. The number of hydrogen-bond acceptors (Lipinski definition) is 7. The first kappa shape index (κ1) is 58.2. The predicted molar refractivity (Wildman–Crippen MR) is 252 cm³/mol. The SMILES string of the molecule is CCCCC/C=C\C/C=C\CCCCCCCCCC(=O)OC(COC(=O)CCCCCCCCCCC/C=C\CCCCCCCC)COP(=O)(O)OCC[N+](C)(C)C. The van der Waals surface area contributed by atoms with Crippen molar-refractivity contribution >= 4 is 19.8 Å². The van der Waals surface area contributed by atoms with Crippen LogP contribution in [0.15, 0.2) is 36.5 Å². The first-order chi connectivity index (χ1) is 29.0. The van der Waals surface area contributed by atoms with Crippen LogP contribution < -0.4 is 0 Å². The fourth-order valence-corrected chi connectivity index (χ4v) is 7.49. The standard InChI is InChI=1S/C50H94NO8P/c1-6-8-10-12-14-16-18-20-22-24-25-27-28-30-32-34-36-38-40-42-49(52)56-46-48(47-58-60(54,55)57-45-44-51(3,4)5)59-50(53)43-41-39-37-35-33-31-29-26-23-21-19-17-15-13-11-9-7-2/h15,17,20-23,48H,6-14,16,18-19,24-47H2,1-5H3/p+1/b17-15-,22-20-,23-21-. The number of rotatable bonds is 45. The Bertz CT molecular complexity index is 1120. The number of carbonyl (C=O) groups excluding carboxylic acids is 2. The van der Waals surface area contributed by atoms with E-state index in [2.05, 4.69) is 50.3 Å². The molecule has 1 N–H and O–H groups in total. The third-order valence-electron chi connectivity index (χ3n) is 10.6. The molecule has 0 fully saturated rings. The molecule has 0 aromatic carbocycles. The molecule has 0 saturated heterocycles. The highest BCUT2D eigenvalue weighted by Crippen LogP contribution is 2.43. The summed E-state index contributed by atoms with van der Waals surface area (Å²) in [4.78, 5) is 35.5. The highest BCUT2D eigenvalue weighted by molar-refractivity contribution is 7.47. The van der Waals surface area contributed by atoms with Gasteiger partial charge in [0, 0.05) is 12.8 Å². The van der Waals surface area contributed by atoms with Crippen molar-refractivity contribution in [1.29, 1.82) is 0 Å². The van der Waals surface area contributed by atoms with Crippen molar-refractivity contribution in [2.24, 2.45) is 0 Å². The van der Waals surface area contributed by atoms with Crippen molar-refractivity contribution < 1.29 is 42.1 Å². The maximum Gasteiger partial charge on any atom is 0.472 e. The molecule has 0 heterocycles. The predicted octanol–water partition coefficient (Wildman–Crippen LogP) is 14.5. The lowest BCUT2D eigenvalue weighted by molar-refractivity contribution is -0.870. The zero-order valence-electron chi connectivity index (χ0n) is 39.7. The number of likely N-dealkylation sites (N-methyl/N-ethyl adjacent to an activating group) is 1. The summed E-state index contributed by atoms with van der Waals surface area (Å²) in [6.45, 7) is 4.40. The number of carbonyl (C=O) groups is 2. The van der Waals surface area contributed by atoms with E-state index < -0.39 is 26.5 Å². The van der Waals surface area contributed by atoms with Gasteiger partial charge in [-0.2, -0.15) is 0 Å². The molecule has 0 amide bonds. The Balaban J connectivity index is 4.28. The lowest BCUT2D eigenvalue weighted by Crippen LogP contribution is -2.37. The fraction of sp³-hybridized carbons (Fsp3) is 0.840. The average Bonchev–Trinajstić information content (AvgIpc) is 3.20. The summed E-state index contributed by atoms with van der Waals surface area (Å²) in [5.41, 5.74) is 0. The van der Waals surface area contributed by atoms with Crippen LogP contribution in [0.1, 0.15) is 219 Å². The van der Waals surface area contributed by atoms with Crippen LogP contribution in [0.3, 0.4) is 0 Å².